The molecule has 0 saturated heterocycles. The van der Waals surface area contributed by atoms with Gasteiger partial charge in [-0.05, 0) is 48.2 Å². The number of nitrogens with zero attached hydrogens (tertiary/aromatic N) is 1. The van der Waals surface area contributed by atoms with Crippen LogP contribution in [0.4, 0.5) is 5.69 Å². The molecule has 7 heteroatoms. The molecule has 0 spiro atoms. The highest BCUT2D eigenvalue weighted by Crippen LogP contribution is 2.31. The van der Waals surface area contributed by atoms with Gasteiger partial charge in [-0.25, -0.2) is 4.79 Å². The van der Waals surface area contributed by atoms with Crippen molar-refractivity contribution in [2.45, 2.75) is 13.0 Å². The van der Waals surface area contributed by atoms with E-state index in [9.17, 15) is 14.4 Å². The number of benzene rings is 3. The number of hydrogen-bond donors (Lipinski definition) is 1. The summed E-state index contributed by atoms with van der Waals surface area (Å²) in [6.07, 6.45) is -1.10. The Labute approximate surface area is 196 Å². The van der Waals surface area contributed by atoms with Crippen LogP contribution in [0.2, 0.25) is 0 Å². The third kappa shape index (κ3) is 4.41. The number of methoxy groups -OCH3 is 1. The van der Waals surface area contributed by atoms with Crippen LogP contribution in [0, 0.1) is 0 Å². The average molecular weight is 456 g/mol. The summed E-state index contributed by atoms with van der Waals surface area (Å²) in [6, 6.07) is 23.2. The lowest BCUT2D eigenvalue weighted by Gasteiger charge is -2.19. The Morgan fingerprint density at radius 1 is 0.882 bits per heavy atom. The zero-order valence-electron chi connectivity index (χ0n) is 19.1. The van der Waals surface area contributed by atoms with Gasteiger partial charge >= 0.3 is 5.97 Å². The van der Waals surface area contributed by atoms with Crippen LogP contribution in [0.5, 0.6) is 5.75 Å². The summed E-state index contributed by atoms with van der Waals surface area (Å²) in [5.74, 6) is -0.602. The molecule has 1 aromatic heterocycles. The zero-order chi connectivity index (χ0) is 24.2. The fraction of sp³-hybridized carbons (Fsp3) is 0.148. The fourth-order valence-corrected chi connectivity index (χ4v) is 3.79. The lowest BCUT2D eigenvalue weighted by atomic mass is 9.97. The lowest BCUT2D eigenvalue weighted by molar-refractivity contribution is -0.123. The number of amides is 1. The van der Waals surface area contributed by atoms with Crippen molar-refractivity contribution in [2.24, 2.45) is 7.05 Å². The first-order chi connectivity index (χ1) is 16.4. The number of fused-ring (bicyclic) bond motifs is 1. The topological polar surface area (TPSA) is 86.6 Å². The molecule has 3 aromatic carbocycles. The number of hydrogen-bond acceptors (Lipinski definition) is 5. The van der Waals surface area contributed by atoms with Crippen LogP contribution < -0.4 is 15.6 Å². The molecule has 0 aliphatic heterocycles. The van der Waals surface area contributed by atoms with E-state index in [1.807, 2.05) is 36.4 Å². The van der Waals surface area contributed by atoms with Gasteiger partial charge in [-0.2, -0.15) is 0 Å². The second kappa shape index (κ2) is 9.62. The van der Waals surface area contributed by atoms with Crippen molar-refractivity contribution < 1.29 is 19.1 Å². The molecule has 1 amide bonds. The SMILES string of the molecule is COc1ccc(NC(=O)C(C)OC(=O)c2c(-c3ccccc3)c3ccccc3c(=O)n2C)cc1. The molecule has 0 fully saturated rings. The van der Waals surface area contributed by atoms with Gasteiger partial charge < -0.3 is 19.4 Å². The van der Waals surface area contributed by atoms with Gasteiger partial charge in [-0.15, -0.1) is 0 Å². The molecule has 0 radical (unpaired) electrons. The predicted molar refractivity (Wildman–Crippen MR) is 131 cm³/mol. The molecule has 0 saturated carbocycles. The summed E-state index contributed by atoms with van der Waals surface area (Å²) >= 11 is 0. The first kappa shape index (κ1) is 22.8. The minimum atomic E-state index is -1.10. The number of ether oxygens (including phenoxy) is 2. The van der Waals surface area contributed by atoms with Crippen molar-refractivity contribution in [1.82, 2.24) is 4.57 Å². The molecule has 1 heterocycles. The molecule has 4 rings (SSSR count). The Kier molecular flexibility index (Phi) is 6.45. The van der Waals surface area contributed by atoms with Crippen LogP contribution in [0.1, 0.15) is 17.4 Å². The van der Waals surface area contributed by atoms with Gasteiger partial charge in [0.05, 0.1) is 7.11 Å². The molecule has 1 N–H and O–H groups in total. The highest BCUT2D eigenvalue weighted by Gasteiger charge is 2.26. The monoisotopic (exact) mass is 456 g/mol. The average Bonchev–Trinajstić information content (AvgIpc) is 2.86. The quantitative estimate of drug-likeness (QED) is 0.435. The van der Waals surface area contributed by atoms with Crippen LogP contribution in [0.15, 0.2) is 83.7 Å². The molecule has 4 aromatic rings. The highest BCUT2D eigenvalue weighted by atomic mass is 16.5. The molecule has 0 bridgehead atoms. The molecule has 0 aliphatic rings. The second-order valence-corrected chi connectivity index (χ2v) is 7.76. The molecule has 34 heavy (non-hydrogen) atoms. The third-order valence-corrected chi connectivity index (χ3v) is 5.57. The van der Waals surface area contributed by atoms with Crippen molar-refractivity contribution in [3.05, 3.63) is 94.9 Å². The molecule has 1 unspecified atom stereocenters. The van der Waals surface area contributed by atoms with Gasteiger partial charge in [0.2, 0.25) is 0 Å². The molecule has 7 nitrogen and oxygen atoms in total. The third-order valence-electron chi connectivity index (χ3n) is 5.57. The number of anilines is 1. The van der Waals surface area contributed by atoms with Crippen molar-refractivity contribution in [1.29, 1.82) is 0 Å². The number of nitrogens with one attached hydrogen (secondary N) is 1. The maximum absolute atomic E-state index is 13.3. The Bertz CT molecular complexity index is 1410. The van der Waals surface area contributed by atoms with E-state index in [0.717, 1.165) is 5.56 Å². The predicted octanol–water partition coefficient (Wildman–Crippen LogP) is 4.40. The largest absolute Gasteiger partial charge is 0.497 e. The van der Waals surface area contributed by atoms with Crippen molar-refractivity contribution in [3.63, 3.8) is 0 Å². The number of esters is 1. The number of aromatic nitrogens is 1. The van der Waals surface area contributed by atoms with Crippen LogP contribution in [0.25, 0.3) is 21.9 Å². The summed E-state index contributed by atoms with van der Waals surface area (Å²) in [5, 5.41) is 3.84. The van der Waals surface area contributed by atoms with Crippen LogP contribution in [0.3, 0.4) is 0 Å². The molecule has 172 valence electrons. The molecule has 0 aliphatic carbocycles. The number of carbonyl (C=O) groups is 2. The maximum atomic E-state index is 13.3. The standard InChI is InChI=1S/C27H24N2O5/c1-17(25(30)28-19-13-15-20(33-3)16-14-19)34-27(32)24-23(18-9-5-4-6-10-18)21-11-7-8-12-22(21)26(31)29(24)2/h4-17H,1-3H3,(H,28,30). The van der Waals surface area contributed by atoms with E-state index >= 15 is 0 Å². The second-order valence-electron chi connectivity index (χ2n) is 7.76. The minimum Gasteiger partial charge on any atom is -0.497 e. The number of carbonyl (C=O) groups excluding carboxylic acids is 2. The first-order valence-corrected chi connectivity index (χ1v) is 10.7. The molecular formula is C27H24N2O5. The lowest BCUT2D eigenvalue weighted by Crippen LogP contribution is -2.32. The van der Waals surface area contributed by atoms with E-state index in [2.05, 4.69) is 5.32 Å². The molecule has 1 atom stereocenters. The van der Waals surface area contributed by atoms with Crippen molar-refractivity contribution in [2.75, 3.05) is 12.4 Å². The molecular weight excluding hydrogens is 432 g/mol. The summed E-state index contributed by atoms with van der Waals surface area (Å²) in [5.41, 5.74) is 1.64. The Balaban J connectivity index is 1.68. The summed E-state index contributed by atoms with van der Waals surface area (Å²) < 4.78 is 11.9. The van der Waals surface area contributed by atoms with Crippen LogP contribution >= 0.6 is 0 Å². The minimum absolute atomic E-state index is 0.0824. The van der Waals surface area contributed by atoms with Gasteiger partial charge in [-0.3, -0.25) is 9.59 Å². The van der Waals surface area contributed by atoms with Gasteiger partial charge in [0, 0.05) is 23.7 Å². The normalized spacial score (nSPS) is 11.6. The van der Waals surface area contributed by atoms with E-state index < -0.39 is 18.0 Å². The summed E-state index contributed by atoms with van der Waals surface area (Å²) in [7, 11) is 3.08. The Hall–Kier alpha value is -4.39. The van der Waals surface area contributed by atoms with Gasteiger partial charge in [0.15, 0.2) is 6.10 Å². The van der Waals surface area contributed by atoms with Crippen LogP contribution in [-0.2, 0) is 16.6 Å². The fourth-order valence-electron chi connectivity index (χ4n) is 3.79. The van der Waals surface area contributed by atoms with E-state index in [4.69, 9.17) is 9.47 Å². The Morgan fingerprint density at radius 2 is 1.50 bits per heavy atom. The Morgan fingerprint density at radius 3 is 2.15 bits per heavy atom. The number of rotatable bonds is 6. The smallest absolute Gasteiger partial charge is 0.356 e. The zero-order valence-corrected chi connectivity index (χ0v) is 19.1. The maximum Gasteiger partial charge on any atom is 0.356 e. The number of pyridine rings is 1. The van der Waals surface area contributed by atoms with E-state index in [1.54, 1.807) is 49.6 Å². The van der Waals surface area contributed by atoms with E-state index in [0.29, 0.717) is 27.8 Å². The van der Waals surface area contributed by atoms with Crippen molar-refractivity contribution >= 4 is 28.3 Å². The summed E-state index contributed by atoms with van der Waals surface area (Å²) in [4.78, 5) is 39.0. The van der Waals surface area contributed by atoms with Gasteiger partial charge in [0.25, 0.3) is 11.5 Å². The summed E-state index contributed by atoms with van der Waals surface area (Å²) in [6.45, 7) is 1.48. The van der Waals surface area contributed by atoms with E-state index in [1.165, 1.54) is 18.5 Å². The van der Waals surface area contributed by atoms with Gasteiger partial charge in [0.1, 0.15) is 11.4 Å². The van der Waals surface area contributed by atoms with Gasteiger partial charge in [-0.1, -0.05) is 48.5 Å². The van der Waals surface area contributed by atoms with Crippen LogP contribution in [-0.4, -0.2) is 29.7 Å². The first-order valence-electron chi connectivity index (χ1n) is 10.7. The van der Waals surface area contributed by atoms with Crippen molar-refractivity contribution in [3.8, 4) is 16.9 Å². The van der Waals surface area contributed by atoms with E-state index in [-0.39, 0.29) is 11.3 Å². The highest BCUT2D eigenvalue weighted by molar-refractivity contribution is 6.07.